The Balaban J connectivity index is 2.53. The number of benzene rings is 1. The molecule has 1 aliphatic rings. The molecule has 1 heterocycles. The van der Waals surface area contributed by atoms with Crippen LogP contribution in [0.4, 0.5) is 4.39 Å². The zero-order valence-corrected chi connectivity index (χ0v) is 11.9. The van der Waals surface area contributed by atoms with E-state index in [4.69, 9.17) is 12.2 Å². The smallest absolute Gasteiger partial charge is 0.335 e. The van der Waals surface area contributed by atoms with Crippen molar-refractivity contribution in [2.24, 2.45) is 5.92 Å². The fourth-order valence-electron chi connectivity index (χ4n) is 2.18. The van der Waals surface area contributed by atoms with Gasteiger partial charge in [0.25, 0.3) is 0 Å². The van der Waals surface area contributed by atoms with Gasteiger partial charge in [0.1, 0.15) is 5.82 Å². The molecule has 0 fully saturated rings. The first kappa shape index (κ1) is 14.5. The molecule has 0 saturated carbocycles. The van der Waals surface area contributed by atoms with Crippen molar-refractivity contribution < 1.29 is 14.3 Å². The van der Waals surface area contributed by atoms with Crippen LogP contribution in [0, 0.1) is 11.7 Å². The fraction of sp³-hybridized carbons (Fsp3) is 0.286. The van der Waals surface area contributed by atoms with Gasteiger partial charge in [0, 0.05) is 5.70 Å². The lowest BCUT2D eigenvalue weighted by molar-refractivity contribution is -0.133. The molecule has 6 heteroatoms. The Hall–Kier alpha value is -1.95. The molecular weight excluding hydrogens is 279 g/mol. The van der Waals surface area contributed by atoms with Gasteiger partial charge in [0.05, 0.1) is 11.6 Å². The number of nitrogens with one attached hydrogen (secondary N) is 2. The van der Waals surface area contributed by atoms with Gasteiger partial charge in [-0.15, -0.1) is 0 Å². The molecule has 20 heavy (non-hydrogen) atoms. The summed E-state index contributed by atoms with van der Waals surface area (Å²) in [4.78, 5) is 11.6. The molecule has 0 radical (unpaired) electrons. The maximum atomic E-state index is 13.0. The lowest BCUT2D eigenvalue weighted by Crippen LogP contribution is -2.46. The highest BCUT2D eigenvalue weighted by molar-refractivity contribution is 7.80. The predicted molar refractivity (Wildman–Crippen MR) is 77.5 cm³/mol. The second-order valence-electron chi connectivity index (χ2n) is 4.87. The largest absolute Gasteiger partial charge is 0.478 e. The molecule has 4 nitrogen and oxygen atoms in total. The van der Waals surface area contributed by atoms with E-state index < -0.39 is 12.0 Å². The highest BCUT2D eigenvalue weighted by Crippen LogP contribution is 2.29. The number of carbonyl (C=O) groups is 1. The molecule has 0 aliphatic carbocycles. The molecule has 0 spiro atoms. The lowest BCUT2D eigenvalue weighted by Gasteiger charge is -2.31. The Labute approximate surface area is 121 Å². The number of carboxylic acids is 1. The topological polar surface area (TPSA) is 61.4 Å². The molecule has 0 unspecified atom stereocenters. The van der Waals surface area contributed by atoms with Crippen LogP contribution in [0.2, 0.25) is 0 Å². The van der Waals surface area contributed by atoms with E-state index in [1.807, 2.05) is 13.8 Å². The van der Waals surface area contributed by atoms with Crippen LogP contribution in [-0.4, -0.2) is 16.2 Å². The summed E-state index contributed by atoms with van der Waals surface area (Å²) < 4.78 is 13.0. The first-order valence-electron chi connectivity index (χ1n) is 6.20. The van der Waals surface area contributed by atoms with Crippen molar-refractivity contribution in [2.75, 3.05) is 0 Å². The Bertz CT molecular complexity index is 581. The molecule has 106 valence electrons. The number of allylic oxidation sites excluding steroid dienone is 1. The quantitative estimate of drug-likeness (QED) is 0.747. The minimum Gasteiger partial charge on any atom is -0.478 e. The molecule has 3 N–H and O–H groups in total. The van der Waals surface area contributed by atoms with E-state index in [2.05, 4.69) is 10.6 Å². The van der Waals surface area contributed by atoms with E-state index in [0.717, 1.165) is 0 Å². The van der Waals surface area contributed by atoms with Gasteiger partial charge < -0.3 is 15.7 Å². The summed E-state index contributed by atoms with van der Waals surface area (Å²) in [6.45, 7) is 3.78. The number of hydrogen-bond donors (Lipinski definition) is 3. The molecule has 0 aromatic heterocycles. The summed E-state index contributed by atoms with van der Waals surface area (Å²) in [6, 6.07) is 5.14. The van der Waals surface area contributed by atoms with Crippen LogP contribution in [0.25, 0.3) is 0 Å². The molecule has 0 bridgehead atoms. The minimum atomic E-state index is -1.02. The summed E-state index contributed by atoms with van der Waals surface area (Å²) in [7, 11) is 0. The van der Waals surface area contributed by atoms with Crippen LogP contribution in [0.3, 0.4) is 0 Å². The van der Waals surface area contributed by atoms with Crippen LogP contribution in [0.5, 0.6) is 0 Å². The number of aliphatic carboxylic acids is 1. The van der Waals surface area contributed by atoms with Crippen molar-refractivity contribution in [3.05, 3.63) is 46.9 Å². The van der Waals surface area contributed by atoms with Crippen LogP contribution in [-0.2, 0) is 4.79 Å². The standard InChI is InChI=1S/C14H15FN2O2S/c1-7(2)11-10(13(18)19)12(17-14(20)16-11)8-3-5-9(15)6-4-8/h3-7,12H,1-2H3,(H,18,19)(H2,16,17,20)/t12-/m0/s1. The molecule has 2 rings (SSSR count). The molecule has 0 saturated heterocycles. The SMILES string of the molecule is CC(C)C1=C(C(=O)O)[C@H](c2ccc(F)cc2)NC(=S)N1. The van der Waals surface area contributed by atoms with Gasteiger partial charge in [0.15, 0.2) is 5.11 Å². The highest BCUT2D eigenvalue weighted by atomic mass is 32.1. The number of thiocarbonyl (C=S) groups is 1. The third-order valence-electron chi connectivity index (χ3n) is 3.11. The van der Waals surface area contributed by atoms with Crippen LogP contribution in [0.15, 0.2) is 35.5 Å². The average molecular weight is 294 g/mol. The number of carboxylic acid groups (broad SMARTS) is 1. The normalized spacial score (nSPS) is 18.8. The first-order valence-corrected chi connectivity index (χ1v) is 6.61. The van der Waals surface area contributed by atoms with E-state index in [1.54, 1.807) is 12.1 Å². The molecule has 1 aromatic carbocycles. The van der Waals surface area contributed by atoms with Crippen molar-refractivity contribution >= 4 is 23.3 Å². The monoisotopic (exact) mass is 294 g/mol. The van der Waals surface area contributed by atoms with E-state index in [-0.39, 0.29) is 17.3 Å². The van der Waals surface area contributed by atoms with E-state index in [0.29, 0.717) is 16.4 Å². The maximum absolute atomic E-state index is 13.0. The highest BCUT2D eigenvalue weighted by Gasteiger charge is 2.32. The van der Waals surface area contributed by atoms with Gasteiger partial charge in [-0.2, -0.15) is 0 Å². The molecule has 1 atom stereocenters. The molecular formula is C14H15FN2O2S. The Morgan fingerprint density at radius 3 is 2.45 bits per heavy atom. The van der Waals surface area contributed by atoms with Gasteiger partial charge in [-0.3, -0.25) is 0 Å². The second-order valence-corrected chi connectivity index (χ2v) is 5.28. The van der Waals surface area contributed by atoms with Crippen molar-refractivity contribution in [3.63, 3.8) is 0 Å². The summed E-state index contributed by atoms with van der Waals surface area (Å²) in [5.74, 6) is -1.40. The lowest BCUT2D eigenvalue weighted by atomic mass is 9.92. The third-order valence-corrected chi connectivity index (χ3v) is 3.33. The number of hydrogen-bond acceptors (Lipinski definition) is 2. The zero-order valence-electron chi connectivity index (χ0n) is 11.1. The Morgan fingerprint density at radius 2 is 1.95 bits per heavy atom. The number of halogens is 1. The predicted octanol–water partition coefficient (Wildman–Crippen LogP) is 2.34. The van der Waals surface area contributed by atoms with Crippen LogP contribution in [0.1, 0.15) is 25.5 Å². The molecule has 1 aliphatic heterocycles. The number of rotatable bonds is 3. The van der Waals surface area contributed by atoms with Gasteiger partial charge >= 0.3 is 5.97 Å². The maximum Gasteiger partial charge on any atom is 0.335 e. The fourth-order valence-corrected chi connectivity index (χ4v) is 2.41. The minimum absolute atomic E-state index is 0.0101. The first-order chi connectivity index (χ1) is 9.40. The van der Waals surface area contributed by atoms with Gasteiger partial charge in [-0.25, -0.2) is 9.18 Å². The molecule has 1 aromatic rings. The van der Waals surface area contributed by atoms with Crippen molar-refractivity contribution in [1.82, 2.24) is 10.6 Å². The summed E-state index contributed by atoms with van der Waals surface area (Å²) in [5.41, 5.74) is 1.45. The third kappa shape index (κ3) is 2.80. The van der Waals surface area contributed by atoms with Crippen molar-refractivity contribution in [2.45, 2.75) is 19.9 Å². The summed E-state index contributed by atoms with van der Waals surface area (Å²) in [6.07, 6.45) is 0. The van der Waals surface area contributed by atoms with Gasteiger partial charge in [0.2, 0.25) is 0 Å². The Kier molecular flexibility index (Phi) is 4.04. The van der Waals surface area contributed by atoms with Crippen molar-refractivity contribution in [1.29, 1.82) is 0 Å². The van der Waals surface area contributed by atoms with Crippen LogP contribution >= 0.6 is 12.2 Å². The van der Waals surface area contributed by atoms with E-state index >= 15 is 0 Å². The zero-order chi connectivity index (χ0) is 14.9. The Morgan fingerprint density at radius 1 is 1.35 bits per heavy atom. The summed E-state index contributed by atoms with van der Waals surface area (Å²) >= 11 is 5.12. The van der Waals surface area contributed by atoms with Crippen LogP contribution < -0.4 is 10.6 Å². The van der Waals surface area contributed by atoms with Gasteiger partial charge in [-0.1, -0.05) is 26.0 Å². The van der Waals surface area contributed by atoms with E-state index in [1.165, 1.54) is 12.1 Å². The van der Waals surface area contributed by atoms with Crippen molar-refractivity contribution in [3.8, 4) is 0 Å². The van der Waals surface area contributed by atoms with Gasteiger partial charge in [-0.05, 0) is 35.8 Å². The average Bonchev–Trinajstić information content (AvgIpc) is 2.38. The molecule has 0 amide bonds. The van der Waals surface area contributed by atoms with E-state index in [9.17, 15) is 14.3 Å². The second kappa shape index (κ2) is 5.58. The summed E-state index contributed by atoms with van der Waals surface area (Å²) in [5, 5.41) is 15.7.